The van der Waals surface area contributed by atoms with Gasteiger partial charge in [-0.2, -0.15) is 0 Å². The lowest BCUT2D eigenvalue weighted by atomic mass is 9.87. The van der Waals surface area contributed by atoms with Gasteiger partial charge < -0.3 is 10.6 Å². The second-order valence-electron chi connectivity index (χ2n) is 5.68. The smallest absolute Gasteiger partial charge is 0.242 e. The Hall–Kier alpha value is -0.570. The highest BCUT2D eigenvalue weighted by Gasteiger charge is 2.47. The molecule has 2 N–H and O–H groups in total. The van der Waals surface area contributed by atoms with Crippen molar-refractivity contribution in [2.75, 3.05) is 13.6 Å². The van der Waals surface area contributed by atoms with Crippen molar-refractivity contribution < 1.29 is 4.79 Å². The van der Waals surface area contributed by atoms with E-state index in [1.165, 1.54) is 38.5 Å². The van der Waals surface area contributed by atoms with Gasteiger partial charge in [0.15, 0.2) is 0 Å². The molecule has 0 heterocycles. The maximum absolute atomic E-state index is 11.9. The number of amides is 1. The van der Waals surface area contributed by atoms with E-state index >= 15 is 0 Å². The quantitative estimate of drug-likeness (QED) is 0.793. The zero-order chi connectivity index (χ0) is 11.6. The van der Waals surface area contributed by atoms with Gasteiger partial charge in [0.05, 0.1) is 5.54 Å². The van der Waals surface area contributed by atoms with Crippen LogP contribution in [0.2, 0.25) is 0 Å². The van der Waals surface area contributed by atoms with Gasteiger partial charge in [0.25, 0.3) is 0 Å². The van der Waals surface area contributed by atoms with Crippen LogP contribution in [0.25, 0.3) is 0 Å². The first-order chi connectivity index (χ1) is 7.62. The van der Waals surface area contributed by atoms with Crippen LogP contribution < -0.4 is 5.73 Å². The minimum atomic E-state index is -0.485. The third-order valence-electron chi connectivity index (χ3n) is 4.16. The number of nitrogens with two attached hydrogens (primary N) is 1. The SMILES string of the molecule is CN(CCC1CCCCC1)C(=O)C1(N)CC1. The molecule has 0 aromatic heterocycles. The summed E-state index contributed by atoms with van der Waals surface area (Å²) in [4.78, 5) is 13.7. The van der Waals surface area contributed by atoms with Gasteiger partial charge in [-0.15, -0.1) is 0 Å². The molecule has 0 aliphatic heterocycles. The molecule has 1 amide bonds. The average Bonchev–Trinajstić information content (AvgIpc) is 3.06. The molecule has 0 bridgehead atoms. The Morgan fingerprint density at radius 1 is 1.31 bits per heavy atom. The van der Waals surface area contributed by atoms with E-state index in [9.17, 15) is 4.79 Å². The summed E-state index contributed by atoms with van der Waals surface area (Å²) >= 11 is 0. The molecular weight excluding hydrogens is 200 g/mol. The fourth-order valence-electron chi connectivity index (χ4n) is 2.68. The van der Waals surface area contributed by atoms with Gasteiger partial charge in [0, 0.05) is 13.6 Å². The highest BCUT2D eigenvalue weighted by atomic mass is 16.2. The molecule has 3 nitrogen and oxygen atoms in total. The van der Waals surface area contributed by atoms with Crippen LogP contribution in [0.15, 0.2) is 0 Å². The lowest BCUT2D eigenvalue weighted by Crippen LogP contribution is -2.44. The standard InChI is InChI=1S/C13H24N2O/c1-15(12(16)13(14)8-9-13)10-7-11-5-3-2-4-6-11/h11H,2-10,14H2,1H3. The number of rotatable bonds is 4. The number of nitrogens with zero attached hydrogens (tertiary/aromatic N) is 1. The predicted molar refractivity (Wildman–Crippen MR) is 65.0 cm³/mol. The van der Waals surface area contributed by atoms with Crippen LogP contribution in [0.4, 0.5) is 0 Å². The molecule has 2 rings (SSSR count). The van der Waals surface area contributed by atoms with Crippen molar-refractivity contribution in [3.63, 3.8) is 0 Å². The van der Waals surface area contributed by atoms with Crippen molar-refractivity contribution in [2.45, 2.75) is 56.9 Å². The highest BCUT2D eigenvalue weighted by molar-refractivity contribution is 5.88. The lowest BCUT2D eigenvalue weighted by molar-refractivity contribution is -0.132. The Balaban J connectivity index is 1.70. The summed E-state index contributed by atoms with van der Waals surface area (Å²) in [6.45, 7) is 0.891. The van der Waals surface area contributed by atoms with E-state index in [4.69, 9.17) is 5.73 Å². The number of likely N-dealkylation sites (N-methyl/N-ethyl adjacent to an activating group) is 1. The van der Waals surface area contributed by atoms with Crippen LogP contribution >= 0.6 is 0 Å². The van der Waals surface area contributed by atoms with Crippen LogP contribution in [0.5, 0.6) is 0 Å². The molecule has 0 aromatic rings. The summed E-state index contributed by atoms with van der Waals surface area (Å²) < 4.78 is 0. The number of carbonyl (C=O) groups is 1. The molecule has 92 valence electrons. The van der Waals surface area contributed by atoms with E-state index in [1.807, 2.05) is 11.9 Å². The Bertz CT molecular complexity index is 255. The summed E-state index contributed by atoms with van der Waals surface area (Å²) in [5, 5.41) is 0. The topological polar surface area (TPSA) is 46.3 Å². The molecule has 2 aliphatic carbocycles. The first-order valence-electron chi connectivity index (χ1n) is 6.66. The minimum absolute atomic E-state index is 0.156. The van der Waals surface area contributed by atoms with Crippen molar-refractivity contribution in [1.82, 2.24) is 4.90 Å². The van der Waals surface area contributed by atoms with Crippen molar-refractivity contribution in [3.8, 4) is 0 Å². The highest BCUT2D eigenvalue weighted by Crippen LogP contribution is 2.34. The maximum Gasteiger partial charge on any atom is 0.242 e. The van der Waals surface area contributed by atoms with Crippen LogP contribution in [0, 0.1) is 5.92 Å². The summed E-state index contributed by atoms with van der Waals surface area (Å²) in [6, 6.07) is 0. The molecule has 3 heteroatoms. The average molecular weight is 224 g/mol. The van der Waals surface area contributed by atoms with E-state index in [1.54, 1.807) is 0 Å². The Kier molecular flexibility index (Phi) is 3.53. The minimum Gasteiger partial charge on any atom is -0.344 e. The molecule has 0 aromatic carbocycles. The predicted octanol–water partition coefficient (Wildman–Crippen LogP) is 1.91. The third kappa shape index (κ3) is 2.76. The lowest BCUT2D eigenvalue weighted by Gasteiger charge is -2.26. The molecule has 2 fully saturated rings. The van der Waals surface area contributed by atoms with Crippen molar-refractivity contribution in [3.05, 3.63) is 0 Å². The number of hydrogen-bond acceptors (Lipinski definition) is 2. The van der Waals surface area contributed by atoms with E-state index in [-0.39, 0.29) is 5.91 Å². The van der Waals surface area contributed by atoms with E-state index in [0.717, 1.165) is 25.3 Å². The fourth-order valence-corrected chi connectivity index (χ4v) is 2.68. The number of hydrogen-bond donors (Lipinski definition) is 1. The monoisotopic (exact) mass is 224 g/mol. The summed E-state index contributed by atoms with van der Waals surface area (Å²) in [5.74, 6) is 1.00. The van der Waals surface area contributed by atoms with Gasteiger partial charge in [-0.1, -0.05) is 32.1 Å². The van der Waals surface area contributed by atoms with Crippen LogP contribution in [-0.4, -0.2) is 29.9 Å². The maximum atomic E-state index is 11.9. The second kappa shape index (κ2) is 4.74. The summed E-state index contributed by atoms with van der Waals surface area (Å²) in [5.41, 5.74) is 5.42. The second-order valence-corrected chi connectivity index (χ2v) is 5.68. The molecule has 2 aliphatic rings. The molecule has 0 saturated heterocycles. The summed E-state index contributed by atoms with van der Waals surface area (Å²) in [6.07, 6.45) is 9.78. The zero-order valence-corrected chi connectivity index (χ0v) is 10.4. The van der Waals surface area contributed by atoms with Gasteiger partial charge in [0.1, 0.15) is 0 Å². The normalized spacial score (nSPS) is 24.1. The third-order valence-corrected chi connectivity index (χ3v) is 4.16. The molecule has 0 unspecified atom stereocenters. The zero-order valence-electron chi connectivity index (χ0n) is 10.4. The van der Waals surface area contributed by atoms with Gasteiger partial charge in [-0.05, 0) is 25.2 Å². The van der Waals surface area contributed by atoms with E-state index < -0.39 is 5.54 Å². The van der Waals surface area contributed by atoms with Crippen molar-refractivity contribution >= 4 is 5.91 Å². The van der Waals surface area contributed by atoms with Crippen LogP contribution in [0.3, 0.4) is 0 Å². The van der Waals surface area contributed by atoms with E-state index in [2.05, 4.69) is 0 Å². The van der Waals surface area contributed by atoms with Crippen molar-refractivity contribution in [1.29, 1.82) is 0 Å². The molecule has 2 saturated carbocycles. The molecule has 0 atom stereocenters. The molecule has 16 heavy (non-hydrogen) atoms. The number of carbonyl (C=O) groups excluding carboxylic acids is 1. The molecular formula is C13H24N2O. The Morgan fingerprint density at radius 3 is 2.50 bits per heavy atom. The van der Waals surface area contributed by atoms with Gasteiger partial charge in [0.2, 0.25) is 5.91 Å². The largest absolute Gasteiger partial charge is 0.344 e. The fraction of sp³-hybridized carbons (Fsp3) is 0.923. The Labute approximate surface area is 98.4 Å². The van der Waals surface area contributed by atoms with Crippen LogP contribution in [-0.2, 0) is 4.79 Å². The van der Waals surface area contributed by atoms with Gasteiger partial charge in [-0.3, -0.25) is 4.79 Å². The first-order valence-corrected chi connectivity index (χ1v) is 6.66. The van der Waals surface area contributed by atoms with Gasteiger partial charge >= 0.3 is 0 Å². The molecule has 0 spiro atoms. The van der Waals surface area contributed by atoms with Crippen LogP contribution in [0.1, 0.15) is 51.4 Å². The summed E-state index contributed by atoms with van der Waals surface area (Å²) in [7, 11) is 1.90. The van der Waals surface area contributed by atoms with E-state index in [0.29, 0.717) is 0 Å². The molecule has 0 radical (unpaired) electrons. The Morgan fingerprint density at radius 2 is 1.94 bits per heavy atom. The van der Waals surface area contributed by atoms with Crippen molar-refractivity contribution in [2.24, 2.45) is 11.7 Å². The van der Waals surface area contributed by atoms with Gasteiger partial charge in [-0.25, -0.2) is 0 Å². The first kappa shape index (κ1) is 11.9.